The Morgan fingerprint density at radius 1 is 1.38 bits per heavy atom. The van der Waals surface area contributed by atoms with Gasteiger partial charge in [-0.05, 0) is 57.4 Å². The number of oxime groups is 1. The van der Waals surface area contributed by atoms with Crippen molar-refractivity contribution < 1.29 is 19.1 Å². The molecule has 1 unspecified atom stereocenters. The van der Waals surface area contributed by atoms with Crippen LogP contribution in [0.4, 0.5) is 5.69 Å². The second kappa shape index (κ2) is 10.4. The minimum absolute atomic E-state index is 0.102. The Bertz CT molecular complexity index is 805. The number of aliphatic hydroxyl groups excluding tert-OH is 1. The predicted molar refractivity (Wildman–Crippen MR) is 112 cm³/mol. The van der Waals surface area contributed by atoms with Crippen molar-refractivity contribution in [1.29, 1.82) is 0 Å². The molecular formula is C22H31N3O4. The molecule has 0 saturated carbocycles. The summed E-state index contributed by atoms with van der Waals surface area (Å²) in [5.74, 6) is 0.729. The number of aliphatic hydroxyl groups is 1. The van der Waals surface area contributed by atoms with E-state index in [9.17, 15) is 5.11 Å². The van der Waals surface area contributed by atoms with Crippen molar-refractivity contribution >= 4 is 11.4 Å². The highest BCUT2D eigenvalue weighted by atomic mass is 16.6. The normalized spacial score (nSPS) is 15.3. The third-order valence-electron chi connectivity index (χ3n) is 5.07. The average Bonchev–Trinajstić information content (AvgIpc) is 3.21. The highest BCUT2D eigenvalue weighted by Gasteiger charge is 2.19. The summed E-state index contributed by atoms with van der Waals surface area (Å²) < 4.78 is 10.6. The Kier molecular flexibility index (Phi) is 7.66. The first-order chi connectivity index (χ1) is 14.0. The Balaban J connectivity index is 1.39. The van der Waals surface area contributed by atoms with Crippen molar-refractivity contribution in [3.8, 4) is 0 Å². The number of ether oxygens (including phenoxy) is 1. The SMILES string of the molecule is CC(CCN1CCCc2nc(C)c(C)cc21)=NOCC(O)COCc1ccco1. The van der Waals surface area contributed by atoms with Crippen molar-refractivity contribution in [2.45, 2.75) is 52.7 Å². The summed E-state index contributed by atoms with van der Waals surface area (Å²) in [6.07, 6.45) is 3.84. The van der Waals surface area contributed by atoms with Gasteiger partial charge in [0.05, 0.1) is 30.0 Å². The average molecular weight is 402 g/mol. The molecule has 0 spiro atoms. The first-order valence-corrected chi connectivity index (χ1v) is 10.2. The predicted octanol–water partition coefficient (Wildman–Crippen LogP) is 3.40. The van der Waals surface area contributed by atoms with E-state index >= 15 is 0 Å². The lowest BCUT2D eigenvalue weighted by atomic mass is 10.0. The molecule has 0 amide bonds. The molecule has 0 saturated heterocycles. The molecular weight excluding hydrogens is 370 g/mol. The van der Waals surface area contributed by atoms with Crippen LogP contribution in [0.25, 0.3) is 0 Å². The molecule has 0 radical (unpaired) electrons. The molecule has 1 aliphatic heterocycles. The maximum Gasteiger partial charge on any atom is 0.145 e. The largest absolute Gasteiger partial charge is 0.467 e. The van der Waals surface area contributed by atoms with Gasteiger partial charge in [0, 0.05) is 25.2 Å². The summed E-state index contributed by atoms with van der Waals surface area (Å²) in [4.78, 5) is 12.4. The van der Waals surface area contributed by atoms with Crippen LogP contribution in [0.2, 0.25) is 0 Å². The van der Waals surface area contributed by atoms with Crippen LogP contribution in [-0.2, 0) is 22.6 Å². The quantitative estimate of drug-likeness (QED) is 0.485. The van der Waals surface area contributed by atoms with Gasteiger partial charge in [-0.15, -0.1) is 0 Å². The zero-order valence-corrected chi connectivity index (χ0v) is 17.6. The number of hydrogen-bond acceptors (Lipinski definition) is 7. The second-order valence-electron chi connectivity index (χ2n) is 7.57. The number of anilines is 1. The Labute approximate surface area is 172 Å². The van der Waals surface area contributed by atoms with Gasteiger partial charge in [-0.25, -0.2) is 0 Å². The van der Waals surface area contributed by atoms with Gasteiger partial charge in [-0.1, -0.05) is 5.16 Å². The van der Waals surface area contributed by atoms with Gasteiger partial charge in [0.2, 0.25) is 0 Å². The summed E-state index contributed by atoms with van der Waals surface area (Å²) in [6.45, 7) is 8.65. The maximum atomic E-state index is 9.92. The van der Waals surface area contributed by atoms with E-state index in [1.807, 2.05) is 13.0 Å². The monoisotopic (exact) mass is 401 g/mol. The molecule has 2 aromatic rings. The van der Waals surface area contributed by atoms with E-state index in [0.29, 0.717) is 6.61 Å². The summed E-state index contributed by atoms with van der Waals surface area (Å²) >= 11 is 0. The Morgan fingerprint density at radius 3 is 3.03 bits per heavy atom. The molecule has 0 aromatic carbocycles. The summed E-state index contributed by atoms with van der Waals surface area (Å²) in [6, 6.07) is 5.88. The second-order valence-corrected chi connectivity index (χ2v) is 7.57. The lowest BCUT2D eigenvalue weighted by molar-refractivity contribution is -0.0253. The molecule has 1 aliphatic rings. The van der Waals surface area contributed by atoms with E-state index in [0.717, 1.165) is 49.5 Å². The molecule has 3 rings (SSSR count). The van der Waals surface area contributed by atoms with E-state index in [2.05, 4.69) is 30.0 Å². The van der Waals surface area contributed by atoms with Crippen LogP contribution in [0.1, 0.15) is 42.5 Å². The summed E-state index contributed by atoms with van der Waals surface area (Å²) in [5.41, 5.74) is 5.69. The molecule has 29 heavy (non-hydrogen) atoms. The van der Waals surface area contributed by atoms with Crippen LogP contribution < -0.4 is 4.90 Å². The summed E-state index contributed by atoms with van der Waals surface area (Å²) in [7, 11) is 0. The number of rotatable bonds is 10. The van der Waals surface area contributed by atoms with Gasteiger partial charge >= 0.3 is 0 Å². The van der Waals surface area contributed by atoms with Gasteiger partial charge < -0.3 is 24.0 Å². The van der Waals surface area contributed by atoms with E-state index in [4.69, 9.17) is 19.0 Å². The molecule has 7 heteroatoms. The molecule has 0 aliphatic carbocycles. The number of pyridine rings is 1. The van der Waals surface area contributed by atoms with Gasteiger partial charge in [-0.3, -0.25) is 4.98 Å². The lowest BCUT2D eigenvalue weighted by Crippen LogP contribution is -2.32. The molecule has 1 atom stereocenters. The number of furan rings is 1. The van der Waals surface area contributed by atoms with Crippen LogP contribution in [0.5, 0.6) is 0 Å². The number of fused-ring (bicyclic) bond motifs is 1. The van der Waals surface area contributed by atoms with Crippen LogP contribution in [0.15, 0.2) is 34.0 Å². The van der Waals surface area contributed by atoms with Crippen molar-refractivity contribution in [2.75, 3.05) is 31.2 Å². The van der Waals surface area contributed by atoms with Crippen LogP contribution in [-0.4, -0.2) is 48.2 Å². The molecule has 2 aromatic heterocycles. The fourth-order valence-electron chi connectivity index (χ4n) is 3.30. The first kappa shape index (κ1) is 21.3. The smallest absolute Gasteiger partial charge is 0.145 e. The highest BCUT2D eigenvalue weighted by Crippen LogP contribution is 2.27. The Hall–Kier alpha value is -2.38. The van der Waals surface area contributed by atoms with Gasteiger partial charge in [-0.2, -0.15) is 0 Å². The number of aromatic nitrogens is 1. The van der Waals surface area contributed by atoms with Crippen molar-refractivity contribution in [3.63, 3.8) is 0 Å². The summed E-state index contributed by atoms with van der Waals surface area (Å²) in [5, 5.41) is 14.1. The maximum absolute atomic E-state index is 9.92. The molecule has 7 nitrogen and oxygen atoms in total. The minimum atomic E-state index is -0.729. The third-order valence-corrected chi connectivity index (χ3v) is 5.07. The molecule has 0 fully saturated rings. The van der Waals surface area contributed by atoms with E-state index in [-0.39, 0.29) is 13.2 Å². The Morgan fingerprint density at radius 2 is 2.24 bits per heavy atom. The van der Waals surface area contributed by atoms with E-state index in [1.165, 1.54) is 16.9 Å². The number of aryl methyl sites for hydroxylation is 3. The lowest BCUT2D eigenvalue weighted by Gasteiger charge is -2.31. The standard InChI is InChI=1S/C22H31N3O4/c1-16-12-22-21(23-18(16)3)7-4-9-25(22)10-8-17(2)24-29-14-19(26)13-27-15-20-6-5-11-28-20/h5-6,11-12,19,26H,4,7-10,13-15H2,1-3H3. The van der Waals surface area contributed by atoms with Crippen LogP contribution in [0, 0.1) is 13.8 Å². The van der Waals surface area contributed by atoms with Gasteiger partial charge in [0.15, 0.2) is 0 Å². The molecule has 1 N–H and O–H groups in total. The zero-order chi connectivity index (χ0) is 20.6. The fraction of sp³-hybridized carbons (Fsp3) is 0.545. The number of nitrogens with zero attached hydrogens (tertiary/aromatic N) is 3. The molecule has 3 heterocycles. The van der Waals surface area contributed by atoms with Gasteiger partial charge in [0.25, 0.3) is 0 Å². The van der Waals surface area contributed by atoms with Gasteiger partial charge in [0.1, 0.15) is 25.1 Å². The van der Waals surface area contributed by atoms with Crippen molar-refractivity contribution in [3.05, 3.63) is 47.2 Å². The van der Waals surface area contributed by atoms with Crippen LogP contribution >= 0.6 is 0 Å². The topological polar surface area (TPSA) is 80.3 Å². The first-order valence-electron chi connectivity index (χ1n) is 10.2. The molecule has 158 valence electrons. The number of hydrogen-bond donors (Lipinski definition) is 1. The third kappa shape index (κ3) is 6.30. The fourth-order valence-corrected chi connectivity index (χ4v) is 3.30. The van der Waals surface area contributed by atoms with Crippen LogP contribution in [0.3, 0.4) is 0 Å². The molecule has 0 bridgehead atoms. The van der Waals surface area contributed by atoms with E-state index < -0.39 is 6.10 Å². The highest BCUT2D eigenvalue weighted by molar-refractivity contribution is 5.81. The zero-order valence-electron chi connectivity index (χ0n) is 17.6. The minimum Gasteiger partial charge on any atom is -0.467 e. The van der Waals surface area contributed by atoms with Crippen molar-refractivity contribution in [1.82, 2.24) is 4.98 Å². The van der Waals surface area contributed by atoms with E-state index in [1.54, 1.807) is 12.3 Å². The van der Waals surface area contributed by atoms with Crippen molar-refractivity contribution in [2.24, 2.45) is 5.16 Å².